The second-order valence-corrected chi connectivity index (χ2v) is 5.44. The Bertz CT molecular complexity index is 492. The highest BCUT2D eigenvalue weighted by atomic mass is 79.9. The van der Waals surface area contributed by atoms with Gasteiger partial charge in [0.15, 0.2) is 0 Å². The van der Waals surface area contributed by atoms with Crippen LogP contribution in [0.1, 0.15) is 16.5 Å². The average molecular weight is 313 g/mol. The number of nitrogens with one attached hydrogen (secondary N) is 1. The van der Waals surface area contributed by atoms with Gasteiger partial charge in [-0.15, -0.1) is 11.3 Å². The first-order chi connectivity index (χ1) is 8.13. The molecule has 0 aliphatic heterocycles. The van der Waals surface area contributed by atoms with Gasteiger partial charge in [0, 0.05) is 30.1 Å². The molecular weight excluding hydrogens is 300 g/mol. The zero-order valence-corrected chi connectivity index (χ0v) is 12.1. The monoisotopic (exact) mass is 312 g/mol. The first-order valence-corrected chi connectivity index (χ1v) is 6.97. The zero-order chi connectivity index (χ0) is 12.3. The highest BCUT2D eigenvalue weighted by Crippen LogP contribution is 2.13. The largest absolute Gasteiger partial charge is 0.370 e. The van der Waals surface area contributed by atoms with Gasteiger partial charge in [-0.25, -0.2) is 15.0 Å². The molecule has 0 aliphatic rings. The third kappa shape index (κ3) is 3.74. The molecule has 0 atom stereocenters. The smallest absolute Gasteiger partial charge is 0.130 e. The standard InChI is InChI=1S/C11H13BrN4S/c1-7-6-17-11(14-7)3-4-13-10-5-9(12)15-8(2)16-10/h5-6H,3-4H2,1-2H3,(H,13,15,16). The summed E-state index contributed by atoms with van der Waals surface area (Å²) in [4.78, 5) is 12.9. The van der Waals surface area contributed by atoms with E-state index < -0.39 is 0 Å². The lowest BCUT2D eigenvalue weighted by molar-refractivity contribution is 0.958. The maximum atomic E-state index is 4.41. The fourth-order valence-electron chi connectivity index (χ4n) is 1.44. The van der Waals surface area contributed by atoms with Crippen LogP contribution >= 0.6 is 27.3 Å². The van der Waals surface area contributed by atoms with Gasteiger partial charge in [0.05, 0.1) is 5.01 Å². The van der Waals surface area contributed by atoms with Crippen LogP contribution in [-0.4, -0.2) is 21.5 Å². The van der Waals surface area contributed by atoms with E-state index in [1.165, 1.54) is 0 Å². The van der Waals surface area contributed by atoms with E-state index in [1.54, 1.807) is 11.3 Å². The lowest BCUT2D eigenvalue weighted by Crippen LogP contribution is -2.07. The Balaban J connectivity index is 1.89. The molecule has 0 saturated carbocycles. The van der Waals surface area contributed by atoms with Crippen LogP contribution in [-0.2, 0) is 6.42 Å². The SMILES string of the molecule is Cc1csc(CCNc2cc(Br)nc(C)n2)n1. The van der Waals surface area contributed by atoms with Gasteiger partial charge >= 0.3 is 0 Å². The van der Waals surface area contributed by atoms with Crippen LogP contribution in [0, 0.1) is 13.8 Å². The van der Waals surface area contributed by atoms with Crippen molar-refractivity contribution in [2.75, 3.05) is 11.9 Å². The van der Waals surface area contributed by atoms with Gasteiger partial charge in [-0.3, -0.25) is 0 Å². The highest BCUT2D eigenvalue weighted by Gasteiger charge is 2.01. The van der Waals surface area contributed by atoms with Crippen LogP contribution in [0.5, 0.6) is 0 Å². The summed E-state index contributed by atoms with van der Waals surface area (Å²) < 4.78 is 0.803. The van der Waals surface area contributed by atoms with E-state index >= 15 is 0 Å². The van der Waals surface area contributed by atoms with E-state index in [2.05, 4.69) is 41.6 Å². The molecule has 0 radical (unpaired) electrons. The van der Waals surface area contributed by atoms with Crippen LogP contribution < -0.4 is 5.32 Å². The van der Waals surface area contributed by atoms with Crippen molar-refractivity contribution in [1.29, 1.82) is 0 Å². The third-order valence-electron chi connectivity index (χ3n) is 2.12. The summed E-state index contributed by atoms with van der Waals surface area (Å²) in [5.41, 5.74) is 1.09. The molecule has 0 bridgehead atoms. The molecule has 0 aromatic carbocycles. The molecule has 2 aromatic heterocycles. The number of hydrogen-bond donors (Lipinski definition) is 1. The van der Waals surface area contributed by atoms with E-state index in [0.717, 1.165) is 39.9 Å². The Labute approximate surface area is 113 Å². The van der Waals surface area contributed by atoms with E-state index in [0.29, 0.717) is 0 Å². The highest BCUT2D eigenvalue weighted by molar-refractivity contribution is 9.10. The van der Waals surface area contributed by atoms with E-state index in [9.17, 15) is 0 Å². The summed E-state index contributed by atoms with van der Waals surface area (Å²) >= 11 is 5.05. The van der Waals surface area contributed by atoms with Gasteiger partial charge < -0.3 is 5.32 Å². The van der Waals surface area contributed by atoms with Crippen molar-refractivity contribution in [3.05, 3.63) is 32.6 Å². The fourth-order valence-corrected chi connectivity index (χ4v) is 2.69. The number of aryl methyl sites for hydroxylation is 2. The number of thiazole rings is 1. The molecular formula is C11H13BrN4S. The topological polar surface area (TPSA) is 50.7 Å². The maximum absolute atomic E-state index is 4.41. The van der Waals surface area contributed by atoms with Crippen molar-refractivity contribution in [3.8, 4) is 0 Å². The molecule has 2 rings (SSSR count). The second kappa shape index (κ2) is 5.55. The van der Waals surface area contributed by atoms with Gasteiger partial charge in [0.25, 0.3) is 0 Å². The summed E-state index contributed by atoms with van der Waals surface area (Å²) in [6, 6.07) is 1.88. The lowest BCUT2D eigenvalue weighted by Gasteiger charge is -2.05. The number of anilines is 1. The molecule has 0 amide bonds. The van der Waals surface area contributed by atoms with E-state index in [-0.39, 0.29) is 0 Å². The number of hydrogen-bond acceptors (Lipinski definition) is 5. The van der Waals surface area contributed by atoms with Gasteiger partial charge in [-0.2, -0.15) is 0 Å². The molecule has 1 N–H and O–H groups in total. The van der Waals surface area contributed by atoms with Gasteiger partial charge in [-0.05, 0) is 29.8 Å². The molecule has 0 saturated heterocycles. The number of halogens is 1. The predicted octanol–water partition coefficient (Wildman–Crippen LogP) is 2.97. The molecule has 2 aromatic rings. The number of rotatable bonds is 4. The molecule has 2 heterocycles. The normalized spacial score (nSPS) is 10.5. The first kappa shape index (κ1) is 12.4. The van der Waals surface area contributed by atoms with Crippen LogP contribution in [0.4, 0.5) is 5.82 Å². The summed E-state index contributed by atoms with van der Waals surface area (Å²) in [5, 5.41) is 6.49. The Kier molecular flexibility index (Phi) is 4.06. The average Bonchev–Trinajstić information content (AvgIpc) is 2.63. The predicted molar refractivity (Wildman–Crippen MR) is 73.5 cm³/mol. The fraction of sp³-hybridized carbons (Fsp3) is 0.364. The number of nitrogens with zero attached hydrogens (tertiary/aromatic N) is 3. The molecule has 4 nitrogen and oxygen atoms in total. The molecule has 0 aliphatic carbocycles. The van der Waals surface area contributed by atoms with Gasteiger partial charge in [-0.1, -0.05) is 0 Å². The van der Waals surface area contributed by atoms with Crippen molar-refractivity contribution in [3.63, 3.8) is 0 Å². The maximum Gasteiger partial charge on any atom is 0.130 e. The third-order valence-corrected chi connectivity index (χ3v) is 3.55. The van der Waals surface area contributed by atoms with Crippen molar-refractivity contribution in [2.45, 2.75) is 20.3 Å². The van der Waals surface area contributed by atoms with Gasteiger partial charge in [0.2, 0.25) is 0 Å². The Hall–Kier alpha value is -1.01. The van der Waals surface area contributed by atoms with Crippen molar-refractivity contribution < 1.29 is 0 Å². The lowest BCUT2D eigenvalue weighted by atomic mass is 10.4. The molecule has 0 fully saturated rings. The Morgan fingerprint density at radius 1 is 1.29 bits per heavy atom. The Morgan fingerprint density at radius 2 is 2.12 bits per heavy atom. The first-order valence-electron chi connectivity index (χ1n) is 5.29. The second-order valence-electron chi connectivity index (χ2n) is 3.68. The molecule has 0 spiro atoms. The molecule has 17 heavy (non-hydrogen) atoms. The zero-order valence-electron chi connectivity index (χ0n) is 9.70. The minimum absolute atomic E-state index is 0.756. The molecule has 0 unspecified atom stereocenters. The van der Waals surface area contributed by atoms with Gasteiger partial charge in [0.1, 0.15) is 16.2 Å². The Morgan fingerprint density at radius 3 is 2.76 bits per heavy atom. The van der Waals surface area contributed by atoms with Crippen molar-refractivity contribution in [2.24, 2.45) is 0 Å². The molecule has 90 valence electrons. The number of aromatic nitrogens is 3. The summed E-state index contributed by atoms with van der Waals surface area (Å²) in [6.07, 6.45) is 0.916. The van der Waals surface area contributed by atoms with Crippen LogP contribution in [0.2, 0.25) is 0 Å². The van der Waals surface area contributed by atoms with Crippen LogP contribution in [0.25, 0.3) is 0 Å². The summed E-state index contributed by atoms with van der Waals surface area (Å²) in [5.74, 6) is 1.60. The van der Waals surface area contributed by atoms with E-state index in [4.69, 9.17) is 0 Å². The van der Waals surface area contributed by atoms with Crippen LogP contribution in [0.15, 0.2) is 16.0 Å². The van der Waals surface area contributed by atoms with E-state index in [1.807, 2.05) is 19.9 Å². The molecule has 6 heteroatoms. The summed E-state index contributed by atoms with van der Waals surface area (Å²) in [6.45, 7) is 4.72. The van der Waals surface area contributed by atoms with Crippen molar-refractivity contribution >= 4 is 33.1 Å². The quantitative estimate of drug-likeness (QED) is 0.882. The summed E-state index contributed by atoms with van der Waals surface area (Å²) in [7, 11) is 0. The minimum Gasteiger partial charge on any atom is -0.370 e. The minimum atomic E-state index is 0.756. The van der Waals surface area contributed by atoms with Crippen molar-refractivity contribution in [1.82, 2.24) is 15.0 Å². The van der Waals surface area contributed by atoms with Crippen LogP contribution in [0.3, 0.4) is 0 Å².